The maximum Gasteiger partial charge on any atom is 0.308 e. The highest BCUT2D eigenvalue weighted by Gasteiger charge is 2.32. The van der Waals surface area contributed by atoms with E-state index in [9.17, 15) is 14.4 Å². The minimum absolute atomic E-state index is 0.277. The van der Waals surface area contributed by atoms with Crippen molar-refractivity contribution in [1.29, 1.82) is 0 Å². The number of nitrogens with one attached hydrogen (secondary N) is 1. The number of amides is 2. The molecule has 1 fully saturated rings. The zero-order chi connectivity index (χ0) is 24.6. The van der Waals surface area contributed by atoms with Gasteiger partial charge in [0, 0.05) is 18.1 Å². The fourth-order valence-corrected chi connectivity index (χ4v) is 4.49. The van der Waals surface area contributed by atoms with Gasteiger partial charge in [0.1, 0.15) is 23.9 Å². The minimum atomic E-state index is -0.695. The Labute approximate surface area is 202 Å². The van der Waals surface area contributed by atoms with Crippen molar-refractivity contribution < 1.29 is 28.6 Å². The summed E-state index contributed by atoms with van der Waals surface area (Å²) in [6.07, 6.45) is 5.59. The van der Waals surface area contributed by atoms with E-state index in [4.69, 9.17) is 14.2 Å². The standard InChI is InChI=1S/C26H25NO6S/c1-14-15(2)23-20(16(3)22(14)32-17(4)28)10-11-26(5,33-23)13-31-19-8-6-18(7-9-19)12-21-24(29)27-25(30)34-21/h6-12H,13H2,1-5H3,(H,27,29,30)/b21-12+. The van der Waals surface area contributed by atoms with Gasteiger partial charge in [0.15, 0.2) is 5.60 Å². The third kappa shape index (κ3) is 4.72. The molecule has 2 aromatic rings. The summed E-state index contributed by atoms with van der Waals surface area (Å²) in [6, 6.07) is 7.25. The largest absolute Gasteiger partial charge is 0.489 e. The molecule has 4 rings (SSSR count). The summed E-state index contributed by atoms with van der Waals surface area (Å²) < 4.78 is 17.8. The number of imide groups is 1. The second kappa shape index (κ2) is 9.02. The van der Waals surface area contributed by atoms with Gasteiger partial charge in [-0.25, -0.2) is 0 Å². The Morgan fingerprint density at radius 1 is 1.12 bits per heavy atom. The molecule has 2 aromatic carbocycles. The first kappa shape index (κ1) is 23.6. The first-order valence-electron chi connectivity index (χ1n) is 10.7. The molecule has 0 saturated carbocycles. The van der Waals surface area contributed by atoms with Gasteiger partial charge in [-0.2, -0.15) is 0 Å². The van der Waals surface area contributed by atoms with Crippen molar-refractivity contribution >= 4 is 41.0 Å². The van der Waals surface area contributed by atoms with E-state index < -0.39 is 5.60 Å². The zero-order valence-corrected chi connectivity index (χ0v) is 20.4. The van der Waals surface area contributed by atoms with Crippen LogP contribution < -0.4 is 19.5 Å². The van der Waals surface area contributed by atoms with E-state index >= 15 is 0 Å². The van der Waals surface area contributed by atoms with E-state index in [0.29, 0.717) is 16.4 Å². The van der Waals surface area contributed by atoms with Gasteiger partial charge in [-0.05, 0) is 80.4 Å². The van der Waals surface area contributed by atoms with E-state index in [-0.39, 0.29) is 23.7 Å². The summed E-state index contributed by atoms with van der Waals surface area (Å²) >= 11 is 0.884. The summed E-state index contributed by atoms with van der Waals surface area (Å²) in [5.74, 6) is 1.24. The van der Waals surface area contributed by atoms with Crippen molar-refractivity contribution in [2.75, 3.05) is 6.61 Å². The van der Waals surface area contributed by atoms with E-state index in [1.807, 2.05) is 52.0 Å². The maximum absolute atomic E-state index is 11.7. The molecule has 0 bridgehead atoms. The monoisotopic (exact) mass is 479 g/mol. The SMILES string of the molecule is CC(=O)Oc1c(C)c(C)c2c(c1C)C=CC(C)(COc1ccc(/C=C3/SC(=O)NC3=O)cc1)O2. The second-order valence-corrected chi connectivity index (χ2v) is 9.51. The second-order valence-electron chi connectivity index (χ2n) is 8.50. The fraction of sp³-hybridized carbons (Fsp3) is 0.269. The van der Waals surface area contributed by atoms with Crippen molar-refractivity contribution in [3.05, 3.63) is 63.1 Å². The smallest absolute Gasteiger partial charge is 0.308 e. The molecule has 2 heterocycles. The lowest BCUT2D eigenvalue weighted by Gasteiger charge is -2.34. The quantitative estimate of drug-likeness (QED) is 0.362. The number of fused-ring (bicyclic) bond motifs is 1. The Bertz CT molecular complexity index is 1260. The Morgan fingerprint density at radius 2 is 1.82 bits per heavy atom. The lowest BCUT2D eigenvalue weighted by molar-refractivity contribution is -0.132. The molecule has 0 aromatic heterocycles. The van der Waals surface area contributed by atoms with Crippen LogP contribution in [0.3, 0.4) is 0 Å². The number of ether oxygens (including phenoxy) is 3. The van der Waals surface area contributed by atoms with Crippen LogP contribution in [0.25, 0.3) is 12.2 Å². The Balaban J connectivity index is 1.48. The van der Waals surface area contributed by atoms with Crippen LogP contribution in [0, 0.1) is 20.8 Å². The first-order chi connectivity index (χ1) is 16.1. The van der Waals surface area contributed by atoms with Crippen molar-refractivity contribution in [2.45, 2.75) is 40.2 Å². The van der Waals surface area contributed by atoms with E-state index in [2.05, 4.69) is 5.32 Å². The molecule has 1 N–H and O–H groups in total. The van der Waals surface area contributed by atoms with Gasteiger partial charge in [0.25, 0.3) is 11.1 Å². The first-order valence-corrected chi connectivity index (χ1v) is 11.6. The number of hydrogen-bond acceptors (Lipinski definition) is 7. The van der Waals surface area contributed by atoms with Crippen LogP contribution in [0.2, 0.25) is 0 Å². The van der Waals surface area contributed by atoms with Crippen LogP contribution in [0.1, 0.15) is 41.7 Å². The van der Waals surface area contributed by atoms with E-state index in [0.717, 1.165) is 45.3 Å². The molecule has 0 spiro atoms. The Morgan fingerprint density at radius 3 is 2.44 bits per heavy atom. The number of carbonyl (C=O) groups is 3. The molecule has 0 radical (unpaired) electrons. The average molecular weight is 480 g/mol. The molecular formula is C26H25NO6S. The summed E-state index contributed by atoms with van der Waals surface area (Å²) in [6.45, 7) is 9.39. The number of thioether (sulfide) groups is 1. The summed E-state index contributed by atoms with van der Waals surface area (Å²) in [7, 11) is 0. The molecule has 2 amide bonds. The average Bonchev–Trinajstić information content (AvgIpc) is 3.11. The van der Waals surface area contributed by atoms with Crippen LogP contribution in [0.15, 0.2) is 35.2 Å². The molecule has 2 aliphatic rings. The van der Waals surface area contributed by atoms with Crippen LogP contribution in [-0.4, -0.2) is 29.3 Å². The Kier molecular flexibility index (Phi) is 6.27. The van der Waals surface area contributed by atoms with Gasteiger partial charge in [-0.3, -0.25) is 19.7 Å². The van der Waals surface area contributed by atoms with Crippen LogP contribution >= 0.6 is 11.8 Å². The molecule has 8 heteroatoms. The molecule has 7 nitrogen and oxygen atoms in total. The molecule has 2 aliphatic heterocycles. The molecule has 34 heavy (non-hydrogen) atoms. The molecule has 1 unspecified atom stereocenters. The summed E-state index contributed by atoms with van der Waals surface area (Å²) in [5, 5.41) is 1.87. The van der Waals surface area contributed by atoms with E-state index in [1.165, 1.54) is 6.92 Å². The molecule has 1 atom stereocenters. The van der Waals surface area contributed by atoms with Crippen LogP contribution in [0.5, 0.6) is 17.2 Å². The normalized spacial score (nSPS) is 20.1. The highest BCUT2D eigenvalue weighted by atomic mass is 32.2. The number of rotatable bonds is 5. The lowest BCUT2D eigenvalue weighted by atomic mass is 9.92. The third-order valence-corrected chi connectivity index (χ3v) is 6.57. The third-order valence-electron chi connectivity index (χ3n) is 5.76. The van der Waals surface area contributed by atoms with Crippen molar-refractivity contribution in [1.82, 2.24) is 5.32 Å². The lowest BCUT2D eigenvalue weighted by Crippen LogP contribution is -2.39. The number of esters is 1. The maximum atomic E-state index is 11.7. The number of carbonyl (C=O) groups excluding carboxylic acids is 3. The molecule has 1 saturated heterocycles. The van der Waals surface area contributed by atoms with Gasteiger partial charge in [0.2, 0.25) is 0 Å². The summed E-state index contributed by atoms with van der Waals surface area (Å²) in [5.41, 5.74) is 3.62. The predicted molar refractivity (Wildman–Crippen MR) is 131 cm³/mol. The van der Waals surface area contributed by atoms with Crippen LogP contribution in [0.4, 0.5) is 4.79 Å². The highest BCUT2D eigenvalue weighted by Crippen LogP contribution is 2.43. The van der Waals surface area contributed by atoms with Gasteiger partial charge >= 0.3 is 5.97 Å². The fourth-order valence-electron chi connectivity index (χ4n) is 3.81. The van der Waals surface area contributed by atoms with Gasteiger partial charge in [-0.15, -0.1) is 0 Å². The zero-order valence-electron chi connectivity index (χ0n) is 19.6. The minimum Gasteiger partial charge on any atom is -0.489 e. The highest BCUT2D eigenvalue weighted by molar-refractivity contribution is 8.18. The van der Waals surface area contributed by atoms with Gasteiger partial charge < -0.3 is 14.2 Å². The number of hydrogen-bond donors (Lipinski definition) is 1. The molecular weight excluding hydrogens is 454 g/mol. The van der Waals surface area contributed by atoms with Crippen molar-refractivity contribution in [3.8, 4) is 17.2 Å². The summed E-state index contributed by atoms with van der Waals surface area (Å²) in [4.78, 5) is 34.9. The van der Waals surface area contributed by atoms with Crippen LogP contribution in [-0.2, 0) is 9.59 Å². The van der Waals surface area contributed by atoms with Gasteiger partial charge in [0.05, 0.1) is 4.91 Å². The van der Waals surface area contributed by atoms with Crippen molar-refractivity contribution in [2.24, 2.45) is 0 Å². The van der Waals surface area contributed by atoms with Gasteiger partial charge in [-0.1, -0.05) is 18.2 Å². The molecule has 176 valence electrons. The predicted octanol–water partition coefficient (Wildman–Crippen LogP) is 5.10. The molecule has 0 aliphatic carbocycles. The number of benzene rings is 2. The van der Waals surface area contributed by atoms with Crippen molar-refractivity contribution in [3.63, 3.8) is 0 Å². The van der Waals surface area contributed by atoms with E-state index in [1.54, 1.807) is 18.2 Å². The topological polar surface area (TPSA) is 90.9 Å². The Hall–Kier alpha value is -3.52.